The lowest BCUT2D eigenvalue weighted by Crippen LogP contribution is -2.47. The average Bonchev–Trinajstić information content (AvgIpc) is 2.93. The standard InChI is InChI=1S/C14H24N4S/c1-10(13-17-16-12-5-4-7-18(12)13)15-11-9-19-8-6-14(11,2)3/h10-11,15H,4-9H2,1-3H3. The number of aromatic nitrogens is 3. The molecule has 4 nitrogen and oxygen atoms in total. The minimum absolute atomic E-state index is 0.294. The number of aryl methyl sites for hydroxylation is 1. The Labute approximate surface area is 119 Å². The highest BCUT2D eigenvalue weighted by Crippen LogP contribution is 2.35. The first-order chi connectivity index (χ1) is 9.08. The van der Waals surface area contributed by atoms with Gasteiger partial charge in [0.05, 0.1) is 6.04 Å². The van der Waals surface area contributed by atoms with Crippen LogP contribution >= 0.6 is 11.8 Å². The Morgan fingerprint density at radius 2 is 2.26 bits per heavy atom. The highest BCUT2D eigenvalue weighted by molar-refractivity contribution is 7.99. The van der Waals surface area contributed by atoms with Crippen LogP contribution in [-0.4, -0.2) is 32.3 Å². The Morgan fingerprint density at radius 3 is 3.05 bits per heavy atom. The molecule has 0 spiro atoms. The molecule has 0 aromatic carbocycles. The van der Waals surface area contributed by atoms with E-state index in [1.807, 2.05) is 0 Å². The van der Waals surface area contributed by atoms with Crippen molar-refractivity contribution in [1.82, 2.24) is 20.1 Å². The van der Waals surface area contributed by atoms with Crippen molar-refractivity contribution in [2.75, 3.05) is 11.5 Å². The molecule has 3 rings (SSSR count). The Balaban J connectivity index is 1.72. The van der Waals surface area contributed by atoms with Gasteiger partial charge in [0.1, 0.15) is 11.6 Å². The summed E-state index contributed by atoms with van der Waals surface area (Å²) in [5, 5.41) is 12.5. The van der Waals surface area contributed by atoms with Gasteiger partial charge in [-0.15, -0.1) is 10.2 Å². The lowest BCUT2D eigenvalue weighted by atomic mass is 9.82. The minimum atomic E-state index is 0.294. The van der Waals surface area contributed by atoms with Crippen molar-refractivity contribution in [3.63, 3.8) is 0 Å². The zero-order valence-electron chi connectivity index (χ0n) is 12.1. The first kappa shape index (κ1) is 13.4. The maximum Gasteiger partial charge on any atom is 0.149 e. The van der Waals surface area contributed by atoms with E-state index in [0.717, 1.165) is 18.8 Å². The van der Waals surface area contributed by atoms with Gasteiger partial charge in [-0.2, -0.15) is 11.8 Å². The lowest BCUT2D eigenvalue weighted by molar-refractivity contribution is 0.228. The molecule has 0 amide bonds. The molecule has 106 valence electrons. The summed E-state index contributed by atoms with van der Waals surface area (Å²) in [4.78, 5) is 0. The summed E-state index contributed by atoms with van der Waals surface area (Å²) in [6.07, 6.45) is 3.60. The van der Waals surface area contributed by atoms with Crippen LogP contribution in [-0.2, 0) is 13.0 Å². The molecule has 0 saturated carbocycles. The van der Waals surface area contributed by atoms with E-state index in [2.05, 4.69) is 52.6 Å². The minimum Gasteiger partial charge on any atom is -0.314 e. The normalized spacial score (nSPS) is 27.2. The summed E-state index contributed by atoms with van der Waals surface area (Å²) in [6, 6.07) is 0.859. The third-order valence-corrected chi connectivity index (χ3v) is 5.66. The molecule has 1 N–H and O–H groups in total. The second-order valence-electron chi connectivity index (χ2n) is 6.48. The largest absolute Gasteiger partial charge is 0.314 e. The molecule has 1 saturated heterocycles. The number of rotatable bonds is 3. The maximum atomic E-state index is 4.39. The first-order valence-electron chi connectivity index (χ1n) is 7.34. The van der Waals surface area contributed by atoms with Gasteiger partial charge in [-0.3, -0.25) is 0 Å². The van der Waals surface area contributed by atoms with Crippen molar-refractivity contribution in [2.45, 2.75) is 58.7 Å². The molecule has 5 heteroatoms. The Kier molecular flexibility index (Phi) is 3.60. The number of fused-ring (bicyclic) bond motifs is 1. The Bertz CT molecular complexity index is 454. The molecule has 2 aliphatic rings. The van der Waals surface area contributed by atoms with Crippen molar-refractivity contribution in [2.24, 2.45) is 5.41 Å². The van der Waals surface area contributed by atoms with Crippen LogP contribution in [0.4, 0.5) is 0 Å². The van der Waals surface area contributed by atoms with E-state index in [1.165, 1.54) is 30.2 Å². The molecular weight excluding hydrogens is 256 g/mol. The second kappa shape index (κ2) is 5.09. The van der Waals surface area contributed by atoms with Crippen molar-refractivity contribution in [1.29, 1.82) is 0 Å². The molecule has 0 bridgehead atoms. The van der Waals surface area contributed by atoms with Crippen molar-refractivity contribution in [3.8, 4) is 0 Å². The molecule has 2 unspecified atom stereocenters. The lowest BCUT2D eigenvalue weighted by Gasteiger charge is -2.40. The summed E-state index contributed by atoms with van der Waals surface area (Å²) in [5.41, 5.74) is 0.382. The third-order valence-electron chi connectivity index (χ3n) is 4.60. The van der Waals surface area contributed by atoms with Crippen LogP contribution in [0.5, 0.6) is 0 Å². The third kappa shape index (κ3) is 2.55. The predicted octanol–water partition coefficient (Wildman–Crippen LogP) is 2.41. The second-order valence-corrected chi connectivity index (χ2v) is 7.63. The average molecular weight is 280 g/mol. The summed E-state index contributed by atoms with van der Waals surface area (Å²) in [5.74, 6) is 4.79. The fourth-order valence-electron chi connectivity index (χ4n) is 3.08. The van der Waals surface area contributed by atoms with Crippen LogP contribution in [0.25, 0.3) is 0 Å². The van der Waals surface area contributed by atoms with E-state index in [-0.39, 0.29) is 0 Å². The van der Waals surface area contributed by atoms with Gasteiger partial charge in [-0.05, 0) is 30.9 Å². The topological polar surface area (TPSA) is 42.7 Å². The van der Waals surface area contributed by atoms with Gasteiger partial charge in [-0.1, -0.05) is 13.8 Å². The molecule has 1 aromatic heterocycles. The number of hydrogen-bond donors (Lipinski definition) is 1. The van der Waals surface area contributed by atoms with E-state index in [9.17, 15) is 0 Å². The molecule has 3 heterocycles. The van der Waals surface area contributed by atoms with Crippen LogP contribution in [0, 0.1) is 5.41 Å². The van der Waals surface area contributed by atoms with E-state index in [1.54, 1.807) is 0 Å². The van der Waals surface area contributed by atoms with Crippen LogP contribution in [0.3, 0.4) is 0 Å². The fraction of sp³-hybridized carbons (Fsp3) is 0.857. The van der Waals surface area contributed by atoms with Gasteiger partial charge in [0, 0.05) is 24.8 Å². The monoisotopic (exact) mass is 280 g/mol. The summed E-state index contributed by atoms with van der Waals surface area (Å²) in [7, 11) is 0. The molecule has 0 aliphatic carbocycles. The molecular formula is C14H24N4S. The van der Waals surface area contributed by atoms with E-state index >= 15 is 0 Å². The van der Waals surface area contributed by atoms with Crippen molar-refractivity contribution >= 4 is 11.8 Å². The zero-order valence-corrected chi connectivity index (χ0v) is 13.0. The van der Waals surface area contributed by atoms with Gasteiger partial charge in [-0.25, -0.2) is 0 Å². The summed E-state index contributed by atoms with van der Waals surface area (Å²) < 4.78 is 2.31. The Morgan fingerprint density at radius 1 is 1.42 bits per heavy atom. The number of nitrogens with one attached hydrogen (secondary N) is 1. The maximum absolute atomic E-state index is 4.39. The van der Waals surface area contributed by atoms with E-state index in [4.69, 9.17) is 0 Å². The number of nitrogens with zero attached hydrogens (tertiary/aromatic N) is 3. The fourth-order valence-corrected chi connectivity index (χ4v) is 4.70. The molecule has 19 heavy (non-hydrogen) atoms. The van der Waals surface area contributed by atoms with Gasteiger partial charge >= 0.3 is 0 Å². The molecule has 2 atom stereocenters. The van der Waals surface area contributed by atoms with Gasteiger partial charge in [0.25, 0.3) is 0 Å². The van der Waals surface area contributed by atoms with Gasteiger partial charge in [0.2, 0.25) is 0 Å². The summed E-state index contributed by atoms with van der Waals surface area (Å²) >= 11 is 2.06. The quantitative estimate of drug-likeness (QED) is 0.923. The van der Waals surface area contributed by atoms with Crippen molar-refractivity contribution in [3.05, 3.63) is 11.6 Å². The predicted molar refractivity (Wildman–Crippen MR) is 79.4 cm³/mol. The van der Waals surface area contributed by atoms with Crippen molar-refractivity contribution < 1.29 is 0 Å². The van der Waals surface area contributed by atoms with Crippen LogP contribution < -0.4 is 5.32 Å². The highest BCUT2D eigenvalue weighted by Gasteiger charge is 2.34. The number of thioether (sulfide) groups is 1. The van der Waals surface area contributed by atoms with Crippen LogP contribution in [0.1, 0.15) is 51.3 Å². The van der Waals surface area contributed by atoms with Gasteiger partial charge < -0.3 is 9.88 Å². The smallest absolute Gasteiger partial charge is 0.149 e. The van der Waals surface area contributed by atoms with Gasteiger partial charge in [0.15, 0.2) is 0 Å². The number of hydrogen-bond acceptors (Lipinski definition) is 4. The van der Waals surface area contributed by atoms with Crippen LogP contribution in [0.2, 0.25) is 0 Å². The van der Waals surface area contributed by atoms with Crippen LogP contribution in [0.15, 0.2) is 0 Å². The molecule has 1 aromatic rings. The zero-order chi connectivity index (χ0) is 13.5. The first-order valence-corrected chi connectivity index (χ1v) is 8.49. The van der Waals surface area contributed by atoms with E-state index < -0.39 is 0 Å². The molecule has 0 radical (unpaired) electrons. The Hall–Kier alpha value is -0.550. The molecule has 1 fully saturated rings. The van der Waals surface area contributed by atoms with E-state index in [0.29, 0.717) is 17.5 Å². The highest BCUT2D eigenvalue weighted by atomic mass is 32.2. The summed E-state index contributed by atoms with van der Waals surface area (Å²) in [6.45, 7) is 8.08. The SMILES string of the molecule is CC(NC1CSCCC1(C)C)c1nnc2n1CCC2. The molecule has 2 aliphatic heterocycles.